The first-order chi connectivity index (χ1) is 10.3. The highest BCUT2D eigenvalue weighted by molar-refractivity contribution is 7.71. The van der Waals surface area contributed by atoms with Crippen LogP contribution in [-0.2, 0) is 0 Å². The van der Waals surface area contributed by atoms with Crippen LogP contribution in [-0.4, -0.2) is 21.1 Å². The Hall–Kier alpha value is -2.73. The van der Waals surface area contributed by atoms with Gasteiger partial charge in [-0.15, -0.1) is 0 Å². The second-order valence-electron chi connectivity index (χ2n) is 4.24. The van der Waals surface area contributed by atoms with Gasteiger partial charge in [0.25, 0.3) is 0 Å². The molecule has 3 aromatic rings. The van der Waals surface area contributed by atoms with Crippen LogP contribution in [0.5, 0.6) is 11.5 Å². The quantitative estimate of drug-likeness (QED) is 0.591. The first kappa shape index (κ1) is 13.3. The first-order valence-electron chi connectivity index (χ1n) is 6.30. The maximum absolute atomic E-state index is 5.77. The van der Waals surface area contributed by atoms with Crippen molar-refractivity contribution in [3.8, 4) is 11.5 Å². The minimum absolute atomic E-state index is 0.447. The van der Waals surface area contributed by atoms with Crippen LogP contribution in [0.25, 0.3) is 0 Å². The highest BCUT2D eigenvalue weighted by atomic mass is 32.1. The second-order valence-corrected chi connectivity index (χ2v) is 4.62. The third-order valence-corrected chi connectivity index (χ3v) is 2.98. The molecule has 1 aromatic heterocycles. The molecule has 2 aromatic carbocycles. The summed E-state index contributed by atoms with van der Waals surface area (Å²) in [5, 5.41) is 10.7. The van der Waals surface area contributed by atoms with Gasteiger partial charge in [0.1, 0.15) is 17.8 Å². The number of rotatable bonds is 4. The molecule has 0 aliphatic carbocycles. The number of benzene rings is 2. The van der Waals surface area contributed by atoms with Crippen LogP contribution < -0.4 is 4.74 Å². The van der Waals surface area contributed by atoms with Crippen molar-refractivity contribution < 1.29 is 4.74 Å². The molecule has 0 amide bonds. The normalized spacial score (nSPS) is 10.9. The Kier molecular flexibility index (Phi) is 3.88. The molecule has 1 heterocycles. The van der Waals surface area contributed by atoms with Crippen LogP contribution in [0.2, 0.25) is 0 Å². The predicted molar refractivity (Wildman–Crippen MR) is 83.4 cm³/mol. The fourth-order valence-corrected chi connectivity index (χ4v) is 1.88. The third kappa shape index (κ3) is 3.43. The van der Waals surface area contributed by atoms with Gasteiger partial charge in [0.2, 0.25) is 4.77 Å². The van der Waals surface area contributed by atoms with Crippen molar-refractivity contribution >= 4 is 18.4 Å². The Labute approximate surface area is 126 Å². The smallest absolute Gasteiger partial charge is 0.216 e. The van der Waals surface area contributed by atoms with Gasteiger partial charge in [0, 0.05) is 0 Å². The predicted octanol–water partition coefficient (Wildman–Crippen LogP) is 3.62. The summed E-state index contributed by atoms with van der Waals surface area (Å²) in [6, 6.07) is 17.3. The minimum Gasteiger partial charge on any atom is -0.457 e. The molecule has 1 N–H and O–H groups in total. The van der Waals surface area contributed by atoms with E-state index in [4.69, 9.17) is 17.0 Å². The van der Waals surface area contributed by atoms with Crippen LogP contribution >= 0.6 is 12.2 Å². The Morgan fingerprint density at radius 2 is 1.90 bits per heavy atom. The van der Waals surface area contributed by atoms with Crippen molar-refractivity contribution in [2.75, 3.05) is 0 Å². The van der Waals surface area contributed by atoms with Gasteiger partial charge in [-0.2, -0.15) is 14.9 Å². The first-order valence-corrected chi connectivity index (χ1v) is 6.71. The van der Waals surface area contributed by atoms with Crippen LogP contribution in [0.3, 0.4) is 0 Å². The third-order valence-electron chi connectivity index (χ3n) is 2.70. The monoisotopic (exact) mass is 296 g/mol. The molecule has 0 bridgehead atoms. The average Bonchev–Trinajstić information content (AvgIpc) is 2.92. The molecule has 0 aliphatic rings. The van der Waals surface area contributed by atoms with Crippen molar-refractivity contribution in [2.45, 2.75) is 0 Å². The molecule has 3 rings (SSSR count). The van der Waals surface area contributed by atoms with Crippen molar-refractivity contribution in [3.63, 3.8) is 0 Å². The lowest BCUT2D eigenvalue weighted by Crippen LogP contribution is -1.90. The molecule has 0 fully saturated rings. The van der Waals surface area contributed by atoms with Crippen LogP contribution in [0.15, 0.2) is 66.0 Å². The van der Waals surface area contributed by atoms with Crippen LogP contribution in [0.1, 0.15) is 5.56 Å². The molecule has 0 spiro atoms. The summed E-state index contributed by atoms with van der Waals surface area (Å²) >= 11 is 5.02. The summed E-state index contributed by atoms with van der Waals surface area (Å²) in [7, 11) is 0. The molecule has 6 heteroatoms. The zero-order valence-electron chi connectivity index (χ0n) is 11.0. The van der Waals surface area contributed by atoms with E-state index in [1.807, 2.05) is 54.6 Å². The SMILES string of the molecule is S=c1[nH]ncn1/N=C\c1cccc(Oc2ccccc2)c1. The number of aromatic amines is 1. The maximum atomic E-state index is 5.77. The van der Waals surface area contributed by atoms with E-state index < -0.39 is 0 Å². The fourth-order valence-electron chi connectivity index (χ4n) is 1.74. The van der Waals surface area contributed by atoms with Crippen molar-refractivity contribution in [1.29, 1.82) is 0 Å². The van der Waals surface area contributed by atoms with Gasteiger partial charge in [-0.3, -0.25) is 5.10 Å². The summed E-state index contributed by atoms with van der Waals surface area (Å²) in [6.07, 6.45) is 3.21. The van der Waals surface area contributed by atoms with E-state index >= 15 is 0 Å². The van der Waals surface area contributed by atoms with Crippen molar-refractivity contribution in [2.24, 2.45) is 5.10 Å². The maximum Gasteiger partial charge on any atom is 0.216 e. The zero-order chi connectivity index (χ0) is 14.5. The van der Waals surface area contributed by atoms with E-state index in [0.29, 0.717) is 4.77 Å². The number of hydrogen-bond donors (Lipinski definition) is 1. The Balaban J connectivity index is 1.79. The Morgan fingerprint density at radius 1 is 1.10 bits per heavy atom. The summed E-state index contributed by atoms with van der Waals surface area (Å²) in [5.41, 5.74) is 0.909. The summed E-state index contributed by atoms with van der Waals surface area (Å²) in [5.74, 6) is 1.55. The molecule has 0 saturated carbocycles. The fraction of sp³-hybridized carbons (Fsp3) is 0. The molecule has 0 radical (unpaired) electrons. The lowest BCUT2D eigenvalue weighted by atomic mass is 10.2. The lowest BCUT2D eigenvalue weighted by Gasteiger charge is -2.05. The highest BCUT2D eigenvalue weighted by Gasteiger charge is 1.97. The number of nitrogens with one attached hydrogen (secondary N) is 1. The molecular weight excluding hydrogens is 284 g/mol. The van der Waals surface area contributed by atoms with E-state index in [1.165, 1.54) is 11.0 Å². The average molecular weight is 296 g/mol. The highest BCUT2D eigenvalue weighted by Crippen LogP contribution is 2.21. The topological polar surface area (TPSA) is 55.2 Å². The number of hydrogen-bond acceptors (Lipinski definition) is 4. The zero-order valence-corrected chi connectivity index (χ0v) is 11.8. The molecule has 0 saturated heterocycles. The molecule has 5 nitrogen and oxygen atoms in total. The molecular formula is C15H12N4OS. The minimum atomic E-state index is 0.447. The molecule has 104 valence electrons. The number of H-pyrrole nitrogens is 1. The molecule has 0 atom stereocenters. The van der Waals surface area contributed by atoms with Crippen molar-refractivity contribution in [3.05, 3.63) is 71.3 Å². The van der Waals surface area contributed by atoms with Crippen LogP contribution in [0, 0.1) is 4.77 Å². The largest absolute Gasteiger partial charge is 0.457 e. The second kappa shape index (κ2) is 6.15. The van der Waals surface area contributed by atoms with E-state index in [-0.39, 0.29) is 0 Å². The van der Waals surface area contributed by atoms with Gasteiger partial charge in [0.15, 0.2) is 0 Å². The molecule has 21 heavy (non-hydrogen) atoms. The van der Waals surface area contributed by atoms with Gasteiger partial charge in [-0.05, 0) is 42.0 Å². The van der Waals surface area contributed by atoms with Gasteiger partial charge in [0.05, 0.1) is 6.21 Å². The van der Waals surface area contributed by atoms with Gasteiger partial charge in [-0.25, -0.2) is 0 Å². The summed E-state index contributed by atoms with van der Waals surface area (Å²) < 4.78 is 7.71. The van der Waals surface area contributed by atoms with E-state index in [1.54, 1.807) is 6.21 Å². The number of para-hydroxylation sites is 1. The van der Waals surface area contributed by atoms with Gasteiger partial charge >= 0.3 is 0 Å². The van der Waals surface area contributed by atoms with Gasteiger partial charge < -0.3 is 4.74 Å². The van der Waals surface area contributed by atoms with E-state index in [0.717, 1.165) is 17.1 Å². The van der Waals surface area contributed by atoms with Crippen LogP contribution in [0.4, 0.5) is 0 Å². The van der Waals surface area contributed by atoms with Gasteiger partial charge in [-0.1, -0.05) is 30.3 Å². The number of aromatic nitrogens is 3. The summed E-state index contributed by atoms with van der Waals surface area (Å²) in [4.78, 5) is 0. The summed E-state index contributed by atoms with van der Waals surface area (Å²) in [6.45, 7) is 0. The Morgan fingerprint density at radius 3 is 2.67 bits per heavy atom. The number of nitrogens with zero attached hydrogens (tertiary/aromatic N) is 3. The van der Waals surface area contributed by atoms with Crippen molar-refractivity contribution in [1.82, 2.24) is 14.9 Å². The van der Waals surface area contributed by atoms with E-state index in [2.05, 4.69) is 15.3 Å². The molecule has 0 aliphatic heterocycles. The molecule has 0 unspecified atom stereocenters. The van der Waals surface area contributed by atoms with E-state index in [9.17, 15) is 0 Å². The Bertz CT molecular complexity index is 808. The standard InChI is InChI=1S/C15H12N4OS/c21-15-18-16-11-19(15)17-10-12-5-4-8-14(9-12)20-13-6-2-1-3-7-13/h1-11H,(H,18,21)/b17-10-. The number of ether oxygens (including phenoxy) is 1. The lowest BCUT2D eigenvalue weighted by molar-refractivity contribution is 0.482.